The van der Waals surface area contributed by atoms with Crippen molar-refractivity contribution in [2.24, 2.45) is 0 Å². The van der Waals surface area contributed by atoms with Crippen molar-refractivity contribution < 1.29 is 9.47 Å². The summed E-state index contributed by atoms with van der Waals surface area (Å²) in [5, 5.41) is 2.54. The number of ether oxygens (including phenoxy) is 2. The van der Waals surface area contributed by atoms with Crippen LogP contribution in [-0.4, -0.2) is 28.7 Å². The monoisotopic (exact) mass is 597 g/mol. The number of methoxy groups -OCH3 is 2. The minimum absolute atomic E-state index is 0.712. The molecule has 40 heavy (non-hydrogen) atoms. The first-order valence-corrected chi connectivity index (χ1v) is 14.6. The van der Waals surface area contributed by atoms with Crippen molar-refractivity contribution in [2.45, 2.75) is 45.9 Å². The number of imidazole rings is 1. The molecular formula is C34H36BrN3O2. The van der Waals surface area contributed by atoms with Gasteiger partial charge in [0.15, 0.2) is 11.5 Å². The van der Waals surface area contributed by atoms with E-state index in [4.69, 9.17) is 14.5 Å². The van der Waals surface area contributed by atoms with Gasteiger partial charge in [-0.15, -0.1) is 0 Å². The minimum atomic E-state index is 0.712. The lowest BCUT2D eigenvalue weighted by Crippen LogP contribution is -2.24. The molecule has 4 aromatic carbocycles. The van der Waals surface area contributed by atoms with Gasteiger partial charge < -0.3 is 14.0 Å². The van der Waals surface area contributed by atoms with E-state index < -0.39 is 0 Å². The fourth-order valence-corrected chi connectivity index (χ4v) is 5.69. The normalized spacial score (nSPS) is 11.3. The number of halogens is 1. The molecule has 5 nitrogen and oxygen atoms in total. The minimum Gasteiger partial charge on any atom is -0.493 e. The van der Waals surface area contributed by atoms with Gasteiger partial charge in [-0.05, 0) is 40.5 Å². The van der Waals surface area contributed by atoms with Gasteiger partial charge in [0.2, 0.25) is 0 Å². The van der Waals surface area contributed by atoms with Crippen molar-refractivity contribution >= 4 is 26.7 Å². The van der Waals surface area contributed by atoms with E-state index in [1.54, 1.807) is 14.2 Å². The first-order chi connectivity index (χ1) is 19.6. The van der Waals surface area contributed by atoms with E-state index >= 15 is 0 Å². The Balaban J connectivity index is 1.54. The Hall–Kier alpha value is -3.61. The molecule has 0 saturated heterocycles. The van der Waals surface area contributed by atoms with Crippen LogP contribution in [0.3, 0.4) is 0 Å². The Morgan fingerprint density at radius 1 is 0.800 bits per heavy atom. The fourth-order valence-electron chi connectivity index (χ4n) is 5.25. The third kappa shape index (κ3) is 6.24. The molecule has 6 heteroatoms. The maximum Gasteiger partial charge on any atom is 0.161 e. The maximum absolute atomic E-state index is 5.64. The fraction of sp³-hybridized carbons (Fsp3) is 0.265. The average Bonchev–Trinajstić information content (AvgIpc) is 3.39. The van der Waals surface area contributed by atoms with E-state index in [9.17, 15) is 0 Å². The van der Waals surface area contributed by atoms with E-state index in [1.165, 1.54) is 22.0 Å². The largest absolute Gasteiger partial charge is 0.493 e. The summed E-state index contributed by atoms with van der Waals surface area (Å²) >= 11 is 3.79. The first-order valence-electron chi connectivity index (χ1n) is 13.8. The second-order valence-electron chi connectivity index (χ2n) is 10.0. The van der Waals surface area contributed by atoms with Gasteiger partial charge in [0.05, 0.1) is 26.1 Å². The maximum atomic E-state index is 5.64. The Morgan fingerprint density at radius 3 is 2.27 bits per heavy atom. The molecule has 0 aliphatic carbocycles. The molecule has 1 heterocycles. The number of benzene rings is 4. The van der Waals surface area contributed by atoms with Crippen LogP contribution in [0.2, 0.25) is 0 Å². The highest BCUT2D eigenvalue weighted by atomic mass is 79.9. The summed E-state index contributed by atoms with van der Waals surface area (Å²) in [4.78, 5) is 7.40. The molecule has 5 aromatic rings. The second-order valence-corrected chi connectivity index (χ2v) is 10.9. The molecule has 0 N–H and O–H groups in total. The van der Waals surface area contributed by atoms with Crippen molar-refractivity contribution in [3.63, 3.8) is 0 Å². The zero-order chi connectivity index (χ0) is 27.9. The van der Waals surface area contributed by atoms with Crippen molar-refractivity contribution in [3.8, 4) is 22.9 Å². The Bertz CT molecular complexity index is 1560. The molecule has 1 aromatic heterocycles. The summed E-state index contributed by atoms with van der Waals surface area (Å²) < 4.78 is 14.6. The molecule has 0 fully saturated rings. The van der Waals surface area contributed by atoms with E-state index in [1.807, 2.05) is 6.07 Å². The van der Waals surface area contributed by atoms with Crippen LogP contribution in [0.4, 0.5) is 0 Å². The lowest BCUT2D eigenvalue weighted by molar-refractivity contribution is 0.240. The van der Waals surface area contributed by atoms with Crippen LogP contribution < -0.4 is 9.47 Å². The smallest absolute Gasteiger partial charge is 0.161 e. The summed E-state index contributed by atoms with van der Waals surface area (Å²) in [5.74, 6) is 2.47. The van der Waals surface area contributed by atoms with Crippen LogP contribution in [0, 0.1) is 0 Å². The van der Waals surface area contributed by atoms with E-state index in [0.29, 0.717) is 5.75 Å². The first kappa shape index (κ1) is 27.9. The highest BCUT2D eigenvalue weighted by molar-refractivity contribution is 9.10. The number of aromatic nitrogens is 2. The van der Waals surface area contributed by atoms with Gasteiger partial charge in [-0.3, -0.25) is 4.90 Å². The van der Waals surface area contributed by atoms with Crippen molar-refractivity contribution in [3.05, 3.63) is 112 Å². The van der Waals surface area contributed by atoms with Gasteiger partial charge in [-0.2, -0.15) is 0 Å². The zero-order valence-corrected chi connectivity index (χ0v) is 25.0. The molecule has 206 valence electrons. The third-order valence-corrected chi connectivity index (χ3v) is 8.05. The standard InChI is InChI=1S/C34H36BrN3O2/c1-4-5-18-38-29(21-36-34(38)26-13-7-6-8-14-26)24-37(22-27-16-11-15-25-12-9-10-17-30(25)27)23-28-19-32(39-2)33(40-3)20-31(28)35/h6-17,19-21H,4-5,18,22-24H2,1-3H3. The van der Waals surface area contributed by atoms with Gasteiger partial charge in [0, 0.05) is 36.2 Å². The average molecular weight is 599 g/mol. The number of hydrogen-bond donors (Lipinski definition) is 0. The third-order valence-electron chi connectivity index (χ3n) is 7.31. The van der Waals surface area contributed by atoms with Crippen LogP contribution in [-0.2, 0) is 26.2 Å². The summed E-state index contributed by atoms with van der Waals surface area (Å²) in [6.07, 6.45) is 4.29. The Labute approximate surface area is 245 Å². The Morgan fingerprint density at radius 2 is 1.50 bits per heavy atom. The predicted molar refractivity (Wildman–Crippen MR) is 167 cm³/mol. The van der Waals surface area contributed by atoms with Crippen molar-refractivity contribution in [1.29, 1.82) is 0 Å². The zero-order valence-electron chi connectivity index (χ0n) is 23.4. The quantitative estimate of drug-likeness (QED) is 0.144. The molecule has 5 rings (SSSR count). The van der Waals surface area contributed by atoms with Crippen LogP contribution in [0.15, 0.2) is 95.6 Å². The summed E-state index contributed by atoms with van der Waals surface area (Å²) in [6, 6.07) is 29.7. The van der Waals surface area contributed by atoms with Crippen molar-refractivity contribution in [2.75, 3.05) is 14.2 Å². The summed E-state index contributed by atoms with van der Waals surface area (Å²) in [5.41, 5.74) is 4.80. The molecule has 0 radical (unpaired) electrons. The predicted octanol–water partition coefficient (Wildman–Crippen LogP) is 8.49. The van der Waals surface area contributed by atoms with Gasteiger partial charge in [0.1, 0.15) is 5.82 Å². The van der Waals surface area contributed by atoms with Gasteiger partial charge in [0.25, 0.3) is 0 Å². The lowest BCUT2D eigenvalue weighted by atomic mass is 10.0. The number of fused-ring (bicyclic) bond motifs is 1. The summed E-state index contributed by atoms with van der Waals surface area (Å²) in [7, 11) is 3.35. The Kier molecular flexibility index (Phi) is 9.19. The molecule has 0 aliphatic rings. The number of rotatable bonds is 12. The molecule has 0 atom stereocenters. The van der Waals surface area contributed by atoms with E-state index in [-0.39, 0.29) is 0 Å². The van der Waals surface area contributed by atoms with E-state index in [0.717, 1.165) is 66.2 Å². The molecule has 0 bridgehead atoms. The van der Waals surface area contributed by atoms with Crippen LogP contribution in [0.25, 0.3) is 22.2 Å². The van der Waals surface area contributed by atoms with Crippen LogP contribution >= 0.6 is 15.9 Å². The van der Waals surface area contributed by atoms with Gasteiger partial charge in [-0.25, -0.2) is 4.98 Å². The molecule has 0 amide bonds. The number of hydrogen-bond acceptors (Lipinski definition) is 4. The molecule has 0 unspecified atom stereocenters. The topological polar surface area (TPSA) is 39.5 Å². The van der Waals surface area contributed by atoms with Gasteiger partial charge in [-0.1, -0.05) is 102 Å². The van der Waals surface area contributed by atoms with Crippen LogP contribution in [0.5, 0.6) is 11.5 Å². The molecule has 0 saturated carbocycles. The lowest BCUT2D eigenvalue weighted by Gasteiger charge is -2.25. The number of nitrogens with zero attached hydrogens (tertiary/aromatic N) is 3. The molecule has 0 spiro atoms. The van der Waals surface area contributed by atoms with Crippen LogP contribution in [0.1, 0.15) is 36.6 Å². The van der Waals surface area contributed by atoms with Gasteiger partial charge >= 0.3 is 0 Å². The number of unbranched alkanes of at least 4 members (excludes halogenated alkanes) is 1. The highest BCUT2D eigenvalue weighted by Gasteiger charge is 2.19. The van der Waals surface area contributed by atoms with Crippen molar-refractivity contribution in [1.82, 2.24) is 14.5 Å². The molecule has 0 aliphatic heterocycles. The second kappa shape index (κ2) is 13.2. The SMILES string of the molecule is CCCCn1c(CN(Cc2cc(OC)c(OC)cc2Br)Cc2cccc3ccccc23)cnc1-c1ccccc1. The summed E-state index contributed by atoms with van der Waals surface area (Å²) in [6.45, 7) is 5.46. The van der Waals surface area contributed by atoms with E-state index in [2.05, 4.69) is 117 Å². The molecular weight excluding hydrogens is 562 g/mol. The highest BCUT2D eigenvalue weighted by Crippen LogP contribution is 2.35.